The van der Waals surface area contributed by atoms with E-state index >= 15 is 0 Å². The Hall–Kier alpha value is -3.19. The summed E-state index contributed by atoms with van der Waals surface area (Å²) < 4.78 is 6.53. The van der Waals surface area contributed by atoms with E-state index < -0.39 is 0 Å². The van der Waals surface area contributed by atoms with E-state index in [2.05, 4.69) is 83.3 Å². The van der Waals surface area contributed by atoms with Crippen molar-refractivity contribution in [2.45, 2.75) is 45.3 Å². The number of carbonyl (C=O) groups excluding carboxylic acids is 1. The Balaban J connectivity index is 1.13. The van der Waals surface area contributed by atoms with Crippen molar-refractivity contribution < 1.29 is 9.53 Å². The first-order valence-electron chi connectivity index (χ1n) is 14.1. The summed E-state index contributed by atoms with van der Waals surface area (Å²) in [6, 6.07) is 25.6. The maximum absolute atomic E-state index is 12.8. The second-order valence-corrected chi connectivity index (χ2v) is 11.4. The van der Waals surface area contributed by atoms with Gasteiger partial charge >= 0.3 is 0 Å². The topological polar surface area (TPSA) is 53.6 Å². The lowest BCUT2D eigenvalue weighted by Crippen LogP contribution is -2.46. The summed E-state index contributed by atoms with van der Waals surface area (Å²) >= 11 is 1.70. The first-order valence-corrected chi connectivity index (χ1v) is 14.9. The third-order valence-electron chi connectivity index (χ3n) is 7.82. The van der Waals surface area contributed by atoms with Crippen molar-refractivity contribution >= 4 is 28.0 Å². The lowest BCUT2D eigenvalue weighted by molar-refractivity contribution is -0.121. The summed E-state index contributed by atoms with van der Waals surface area (Å²) in [5.74, 6) is 0.996. The smallest absolute Gasteiger partial charge is 0.220 e. The number of fused-ring (bicyclic) bond motifs is 1. The average molecular weight is 542 g/mol. The van der Waals surface area contributed by atoms with Crippen molar-refractivity contribution in [3.63, 3.8) is 0 Å². The predicted molar refractivity (Wildman–Crippen MR) is 162 cm³/mol. The number of hydrogen-bond acceptors (Lipinski definition) is 5. The lowest BCUT2D eigenvalue weighted by atomic mass is 9.95. The second kappa shape index (κ2) is 13.2. The zero-order valence-electron chi connectivity index (χ0n) is 23.0. The fraction of sp³-hybridized carbons (Fsp3) is 0.364. The van der Waals surface area contributed by atoms with Gasteiger partial charge in [-0.2, -0.15) is 0 Å². The fourth-order valence-corrected chi connectivity index (χ4v) is 6.30. The van der Waals surface area contributed by atoms with Gasteiger partial charge < -0.3 is 15.4 Å². The van der Waals surface area contributed by atoms with Gasteiger partial charge in [0.15, 0.2) is 0 Å². The van der Waals surface area contributed by atoms with Crippen molar-refractivity contribution in [3.05, 3.63) is 99.7 Å². The quantitative estimate of drug-likeness (QED) is 0.225. The highest BCUT2D eigenvalue weighted by Crippen LogP contribution is 2.33. The fourth-order valence-electron chi connectivity index (χ4n) is 5.51. The van der Waals surface area contributed by atoms with Gasteiger partial charge in [0.2, 0.25) is 5.91 Å². The molecule has 4 aromatic rings. The van der Waals surface area contributed by atoms with E-state index in [4.69, 9.17) is 4.74 Å². The molecule has 2 heterocycles. The van der Waals surface area contributed by atoms with Crippen LogP contribution in [0.5, 0.6) is 5.75 Å². The molecule has 204 valence electrons. The van der Waals surface area contributed by atoms with E-state index in [0.717, 1.165) is 55.5 Å². The Morgan fingerprint density at radius 2 is 1.92 bits per heavy atom. The van der Waals surface area contributed by atoms with E-state index in [1.54, 1.807) is 11.3 Å². The molecule has 0 spiro atoms. The highest BCUT2D eigenvalue weighted by atomic mass is 32.1. The van der Waals surface area contributed by atoms with Crippen LogP contribution < -0.4 is 15.4 Å². The van der Waals surface area contributed by atoms with Crippen LogP contribution in [-0.4, -0.2) is 43.5 Å². The van der Waals surface area contributed by atoms with Crippen LogP contribution in [0.3, 0.4) is 0 Å². The number of aryl methyl sites for hydroxylation is 1. The Morgan fingerprint density at radius 3 is 2.79 bits per heavy atom. The number of nitrogens with one attached hydrogen (secondary N) is 2. The van der Waals surface area contributed by atoms with Gasteiger partial charge in [-0.25, -0.2) is 0 Å². The first-order chi connectivity index (χ1) is 19.1. The molecule has 3 aromatic carbocycles. The van der Waals surface area contributed by atoms with Gasteiger partial charge in [-0.05, 0) is 66.4 Å². The van der Waals surface area contributed by atoms with E-state index in [1.807, 2.05) is 24.3 Å². The van der Waals surface area contributed by atoms with Crippen molar-refractivity contribution in [3.8, 4) is 5.75 Å². The second-order valence-electron chi connectivity index (χ2n) is 10.4. The number of thiophene rings is 1. The van der Waals surface area contributed by atoms with Crippen molar-refractivity contribution in [2.75, 3.05) is 32.7 Å². The number of amides is 1. The van der Waals surface area contributed by atoms with Crippen LogP contribution in [0, 0.1) is 13.8 Å². The Labute approximate surface area is 236 Å². The molecule has 5 rings (SSSR count). The van der Waals surface area contributed by atoms with Crippen LogP contribution in [0.1, 0.15) is 53.0 Å². The van der Waals surface area contributed by atoms with Crippen LogP contribution in [-0.2, 0) is 4.79 Å². The molecular formula is C33H39N3O2S. The molecule has 39 heavy (non-hydrogen) atoms. The molecule has 0 radical (unpaired) electrons. The number of benzene rings is 3. The maximum Gasteiger partial charge on any atom is 0.220 e. The molecule has 1 aromatic heterocycles. The largest absolute Gasteiger partial charge is 0.484 e. The number of nitrogens with zero attached hydrogens (tertiary/aromatic N) is 1. The summed E-state index contributed by atoms with van der Waals surface area (Å²) in [7, 11) is 0. The van der Waals surface area contributed by atoms with E-state index in [1.165, 1.54) is 21.6 Å². The van der Waals surface area contributed by atoms with Crippen LogP contribution in [0.4, 0.5) is 0 Å². The third-order valence-corrected chi connectivity index (χ3v) is 8.78. The van der Waals surface area contributed by atoms with Crippen LogP contribution in [0.2, 0.25) is 0 Å². The maximum atomic E-state index is 12.8. The zero-order chi connectivity index (χ0) is 27.0. The molecule has 1 saturated heterocycles. The summed E-state index contributed by atoms with van der Waals surface area (Å²) in [6.45, 7) is 8.87. The molecule has 2 N–H and O–H groups in total. The monoisotopic (exact) mass is 541 g/mol. The minimum absolute atomic E-state index is 0.102. The Morgan fingerprint density at radius 1 is 1.08 bits per heavy atom. The lowest BCUT2D eigenvalue weighted by Gasteiger charge is -2.37. The number of carbonyl (C=O) groups is 1. The minimum atomic E-state index is -0.102. The van der Waals surface area contributed by atoms with Gasteiger partial charge in [-0.3, -0.25) is 9.69 Å². The number of ether oxygens (including phenoxy) is 1. The number of rotatable bonds is 11. The van der Waals surface area contributed by atoms with Gasteiger partial charge in [0.25, 0.3) is 0 Å². The minimum Gasteiger partial charge on any atom is -0.484 e. The van der Waals surface area contributed by atoms with E-state index in [9.17, 15) is 4.79 Å². The average Bonchev–Trinajstić information content (AvgIpc) is 3.50. The Bertz CT molecular complexity index is 1370. The molecule has 6 heteroatoms. The standard InChI is InChI=1S/C33H39N3O2S/c1-24-9-5-13-27(25(24)2)29-23-34-19-21-36(29)20-7-16-33(37)35-18-17-31(32-15-8-22-39-32)38-30-14-6-11-26-10-3-4-12-28(26)30/h3-6,8-15,22,29,31,34H,7,16-21,23H2,1-2H3,(H,35,37). The normalized spacial score (nSPS) is 16.7. The van der Waals surface area contributed by atoms with Gasteiger partial charge in [-0.15, -0.1) is 11.3 Å². The van der Waals surface area contributed by atoms with Crippen LogP contribution >= 0.6 is 11.3 Å². The Kier molecular flexibility index (Phi) is 9.30. The van der Waals surface area contributed by atoms with Crippen LogP contribution in [0.15, 0.2) is 78.2 Å². The number of piperazine rings is 1. The predicted octanol–water partition coefficient (Wildman–Crippen LogP) is 6.57. The van der Waals surface area contributed by atoms with E-state index in [0.29, 0.717) is 19.0 Å². The molecule has 1 aliphatic heterocycles. The summed E-state index contributed by atoms with van der Waals surface area (Å²) in [5.41, 5.74) is 4.11. The first kappa shape index (κ1) is 27.4. The van der Waals surface area contributed by atoms with Gasteiger partial charge in [0.1, 0.15) is 11.9 Å². The highest BCUT2D eigenvalue weighted by Gasteiger charge is 2.25. The highest BCUT2D eigenvalue weighted by molar-refractivity contribution is 7.10. The van der Waals surface area contributed by atoms with E-state index in [-0.39, 0.29) is 12.0 Å². The molecule has 0 bridgehead atoms. The molecule has 1 fully saturated rings. The summed E-state index contributed by atoms with van der Waals surface area (Å²) in [6.07, 6.45) is 2.02. The molecule has 1 aliphatic rings. The van der Waals surface area contributed by atoms with Gasteiger partial charge in [0.05, 0.1) is 0 Å². The molecule has 0 saturated carbocycles. The molecule has 0 aliphatic carbocycles. The van der Waals surface area contributed by atoms with Gasteiger partial charge in [-0.1, -0.05) is 60.7 Å². The third kappa shape index (κ3) is 6.88. The van der Waals surface area contributed by atoms with Crippen molar-refractivity contribution in [2.24, 2.45) is 0 Å². The summed E-state index contributed by atoms with van der Waals surface area (Å²) in [4.78, 5) is 16.5. The molecule has 2 atom stereocenters. The van der Waals surface area contributed by atoms with Crippen molar-refractivity contribution in [1.82, 2.24) is 15.5 Å². The number of hydrogen-bond donors (Lipinski definition) is 2. The van der Waals surface area contributed by atoms with Gasteiger partial charge in [0, 0.05) is 55.3 Å². The van der Waals surface area contributed by atoms with Crippen molar-refractivity contribution in [1.29, 1.82) is 0 Å². The zero-order valence-corrected chi connectivity index (χ0v) is 23.8. The molecule has 5 nitrogen and oxygen atoms in total. The molecule has 2 unspecified atom stereocenters. The molecule has 1 amide bonds. The SMILES string of the molecule is Cc1cccc(C2CNCCN2CCCC(=O)NCCC(Oc2cccc3ccccc23)c2cccs2)c1C. The summed E-state index contributed by atoms with van der Waals surface area (Å²) in [5, 5.41) is 11.1. The van der Waals surface area contributed by atoms with Crippen LogP contribution in [0.25, 0.3) is 10.8 Å². The molecular weight excluding hydrogens is 502 g/mol.